The summed E-state index contributed by atoms with van der Waals surface area (Å²) in [5.41, 5.74) is 3.50. The molecule has 0 saturated heterocycles. The number of hydrogen-bond donors (Lipinski definition) is 1. The Morgan fingerprint density at radius 1 is 0.963 bits per heavy atom. The van der Waals surface area contributed by atoms with E-state index < -0.39 is 0 Å². The van der Waals surface area contributed by atoms with Crippen molar-refractivity contribution in [1.82, 2.24) is 0 Å². The van der Waals surface area contributed by atoms with Gasteiger partial charge in [-0.2, -0.15) is 0 Å². The van der Waals surface area contributed by atoms with E-state index in [-0.39, 0.29) is 11.7 Å². The van der Waals surface area contributed by atoms with E-state index in [0.717, 1.165) is 22.6 Å². The van der Waals surface area contributed by atoms with Gasteiger partial charge in [-0.1, -0.05) is 41.4 Å². The molecule has 0 radical (unpaired) electrons. The molecule has 0 saturated carbocycles. The Labute approximate surface area is 167 Å². The van der Waals surface area contributed by atoms with Gasteiger partial charge < -0.3 is 5.11 Å². The highest BCUT2D eigenvalue weighted by Crippen LogP contribution is 2.35. The standard InChI is InChI=1S/C14H11NO2.C7H5Cl2N/c16-12-7-5-11(6-8-12)15-13-4-2-1-3-10(13)9-14(15)17;1-10-5-2-3-6(8)7(9)4-5/h1-8,16H,9H2;2-4H,1H2. The molecule has 4 nitrogen and oxygen atoms in total. The predicted molar refractivity (Wildman–Crippen MR) is 111 cm³/mol. The zero-order valence-corrected chi connectivity index (χ0v) is 15.8. The quantitative estimate of drug-likeness (QED) is 0.543. The second kappa shape index (κ2) is 8.25. The number of fused-ring (bicyclic) bond motifs is 1. The van der Waals surface area contributed by atoms with Gasteiger partial charge in [-0.05, 0) is 60.8 Å². The smallest absolute Gasteiger partial charge is 0.236 e. The van der Waals surface area contributed by atoms with Crippen molar-refractivity contribution >= 4 is 52.9 Å². The number of anilines is 2. The van der Waals surface area contributed by atoms with Crippen molar-refractivity contribution in [2.24, 2.45) is 4.99 Å². The van der Waals surface area contributed by atoms with Gasteiger partial charge in [0, 0.05) is 5.69 Å². The highest BCUT2D eigenvalue weighted by Gasteiger charge is 2.27. The number of carbonyl (C=O) groups is 1. The SMILES string of the molecule is C=Nc1ccc(Cl)c(Cl)c1.O=C1Cc2ccccc2N1c1ccc(O)cc1. The van der Waals surface area contributed by atoms with Crippen molar-refractivity contribution in [2.75, 3.05) is 4.90 Å². The summed E-state index contributed by atoms with van der Waals surface area (Å²) in [6, 6.07) is 19.5. The number of para-hydroxylation sites is 1. The summed E-state index contributed by atoms with van der Waals surface area (Å²) in [6.45, 7) is 3.35. The second-order valence-corrected chi connectivity index (χ2v) is 6.62. The van der Waals surface area contributed by atoms with E-state index in [0.29, 0.717) is 16.5 Å². The van der Waals surface area contributed by atoms with Crippen LogP contribution in [0.25, 0.3) is 0 Å². The molecular formula is C21H16Cl2N2O2. The van der Waals surface area contributed by atoms with Crippen molar-refractivity contribution in [3.05, 3.63) is 82.3 Å². The number of phenolic OH excluding ortho intramolecular Hbond substituents is 1. The Bertz CT molecular complexity index is 988. The first-order valence-electron chi connectivity index (χ1n) is 8.11. The molecule has 1 aliphatic rings. The van der Waals surface area contributed by atoms with E-state index in [1.807, 2.05) is 24.3 Å². The van der Waals surface area contributed by atoms with Gasteiger partial charge in [-0.15, -0.1) is 0 Å². The number of hydrogen-bond acceptors (Lipinski definition) is 3. The molecule has 27 heavy (non-hydrogen) atoms. The molecule has 1 heterocycles. The molecule has 1 N–H and O–H groups in total. The molecule has 3 aromatic carbocycles. The van der Waals surface area contributed by atoms with Crippen LogP contribution in [-0.4, -0.2) is 17.7 Å². The second-order valence-electron chi connectivity index (χ2n) is 5.81. The van der Waals surface area contributed by atoms with Gasteiger partial charge in [0.2, 0.25) is 5.91 Å². The van der Waals surface area contributed by atoms with Crippen molar-refractivity contribution in [3.63, 3.8) is 0 Å². The molecule has 0 unspecified atom stereocenters. The van der Waals surface area contributed by atoms with E-state index in [1.54, 1.807) is 47.4 Å². The van der Waals surface area contributed by atoms with Crippen LogP contribution in [0.2, 0.25) is 10.0 Å². The lowest BCUT2D eigenvalue weighted by Gasteiger charge is -2.17. The molecular weight excluding hydrogens is 383 g/mol. The maximum absolute atomic E-state index is 12.0. The number of phenols is 1. The average molecular weight is 399 g/mol. The Morgan fingerprint density at radius 2 is 1.67 bits per heavy atom. The number of aromatic hydroxyl groups is 1. The first kappa shape index (κ1) is 19.0. The van der Waals surface area contributed by atoms with Crippen LogP contribution in [0, 0.1) is 0 Å². The minimum atomic E-state index is 0.0666. The molecule has 0 atom stereocenters. The summed E-state index contributed by atoms with van der Waals surface area (Å²) < 4.78 is 0. The topological polar surface area (TPSA) is 52.9 Å². The summed E-state index contributed by atoms with van der Waals surface area (Å²) in [5, 5.41) is 10.3. The van der Waals surface area contributed by atoms with E-state index in [2.05, 4.69) is 11.7 Å². The van der Waals surface area contributed by atoms with Crippen LogP contribution in [0.5, 0.6) is 5.75 Å². The van der Waals surface area contributed by atoms with Gasteiger partial charge in [0.15, 0.2) is 0 Å². The highest BCUT2D eigenvalue weighted by molar-refractivity contribution is 6.42. The van der Waals surface area contributed by atoms with E-state index in [9.17, 15) is 9.90 Å². The van der Waals surface area contributed by atoms with Crippen LogP contribution in [0.4, 0.5) is 17.1 Å². The minimum absolute atomic E-state index is 0.0666. The van der Waals surface area contributed by atoms with Crippen LogP contribution < -0.4 is 4.90 Å². The Hall–Kier alpha value is -2.82. The average Bonchev–Trinajstić information content (AvgIpc) is 3.01. The van der Waals surface area contributed by atoms with Crippen molar-refractivity contribution < 1.29 is 9.90 Å². The molecule has 3 aromatic rings. The maximum Gasteiger partial charge on any atom is 0.236 e. The van der Waals surface area contributed by atoms with Crippen LogP contribution in [-0.2, 0) is 11.2 Å². The molecule has 0 bridgehead atoms. The number of nitrogens with zero attached hydrogens (tertiary/aromatic N) is 2. The third-order valence-electron chi connectivity index (χ3n) is 4.02. The summed E-state index contributed by atoms with van der Waals surface area (Å²) in [5.74, 6) is 0.269. The first-order valence-corrected chi connectivity index (χ1v) is 8.87. The molecule has 0 aliphatic carbocycles. The fraction of sp³-hybridized carbons (Fsp3) is 0.0476. The molecule has 6 heteroatoms. The lowest BCUT2D eigenvalue weighted by molar-refractivity contribution is -0.116. The number of amides is 1. The summed E-state index contributed by atoms with van der Waals surface area (Å²) >= 11 is 11.3. The zero-order valence-electron chi connectivity index (χ0n) is 14.3. The lowest BCUT2D eigenvalue weighted by atomic mass is 10.2. The number of carbonyl (C=O) groups excluding carboxylic acids is 1. The van der Waals surface area contributed by atoms with Crippen LogP contribution in [0.1, 0.15) is 5.56 Å². The molecule has 0 aromatic heterocycles. The van der Waals surface area contributed by atoms with Gasteiger partial charge in [-0.3, -0.25) is 14.7 Å². The number of aliphatic imine (C=N–C) groups is 1. The van der Waals surface area contributed by atoms with Crippen molar-refractivity contribution in [3.8, 4) is 5.75 Å². The highest BCUT2D eigenvalue weighted by atomic mass is 35.5. The fourth-order valence-electron chi connectivity index (χ4n) is 2.72. The predicted octanol–water partition coefficient (Wildman–Crippen LogP) is 5.94. The Kier molecular flexibility index (Phi) is 5.79. The van der Waals surface area contributed by atoms with Gasteiger partial charge in [0.05, 0.1) is 27.8 Å². The third kappa shape index (κ3) is 4.30. The fourth-order valence-corrected chi connectivity index (χ4v) is 3.02. The van der Waals surface area contributed by atoms with Crippen molar-refractivity contribution in [2.45, 2.75) is 6.42 Å². The van der Waals surface area contributed by atoms with Gasteiger partial charge >= 0.3 is 0 Å². The lowest BCUT2D eigenvalue weighted by Crippen LogP contribution is -2.20. The summed E-state index contributed by atoms with van der Waals surface area (Å²) in [6.07, 6.45) is 0.442. The maximum atomic E-state index is 12.0. The number of benzene rings is 3. The molecule has 136 valence electrons. The van der Waals surface area contributed by atoms with Crippen LogP contribution in [0.15, 0.2) is 71.7 Å². The van der Waals surface area contributed by atoms with Gasteiger partial charge in [0.25, 0.3) is 0 Å². The largest absolute Gasteiger partial charge is 0.508 e. The molecule has 0 spiro atoms. The normalized spacial score (nSPS) is 12.2. The number of rotatable bonds is 2. The molecule has 1 amide bonds. The van der Waals surface area contributed by atoms with Crippen LogP contribution >= 0.6 is 23.2 Å². The summed E-state index contributed by atoms with van der Waals surface area (Å²) in [7, 11) is 0. The Balaban J connectivity index is 0.000000180. The first-order chi connectivity index (χ1) is 13.0. The van der Waals surface area contributed by atoms with Crippen molar-refractivity contribution in [1.29, 1.82) is 0 Å². The van der Waals surface area contributed by atoms with Crippen LogP contribution in [0.3, 0.4) is 0 Å². The zero-order chi connectivity index (χ0) is 19.4. The van der Waals surface area contributed by atoms with Gasteiger partial charge in [-0.25, -0.2) is 0 Å². The Morgan fingerprint density at radius 3 is 2.33 bits per heavy atom. The molecule has 1 aliphatic heterocycles. The van der Waals surface area contributed by atoms with Gasteiger partial charge in [0.1, 0.15) is 5.75 Å². The number of halogens is 2. The third-order valence-corrected chi connectivity index (χ3v) is 4.76. The van der Waals surface area contributed by atoms with E-state index in [4.69, 9.17) is 23.2 Å². The minimum Gasteiger partial charge on any atom is -0.508 e. The van der Waals surface area contributed by atoms with E-state index >= 15 is 0 Å². The molecule has 4 rings (SSSR count). The summed E-state index contributed by atoms with van der Waals surface area (Å²) in [4.78, 5) is 17.3. The molecule has 0 fully saturated rings. The van der Waals surface area contributed by atoms with E-state index in [1.165, 1.54) is 0 Å². The monoisotopic (exact) mass is 398 g/mol.